The largest absolute Gasteiger partial charge is 0.465 e. The summed E-state index contributed by atoms with van der Waals surface area (Å²) in [5.41, 5.74) is 3.55. The van der Waals surface area contributed by atoms with Crippen LogP contribution in [-0.2, 0) is 4.74 Å². The van der Waals surface area contributed by atoms with E-state index in [1.807, 2.05) is 18.2 Å². The van der Waals surface area contributed by atoms with Crippen LogP contribution in [0.4, 0.5) is 11.4 Å². The van der Waals surface area contributed by atoms with Gasteiger partial charge in [-0.1, -0.05) is 5.92 Å². The molecule has 0 amide bonds. The van der Waals surface area contributed by atoms with E-state index in [0.717, 1.165) is 22.4 Å². The maximum Gasteiger partial charge on any atom is 0.337 e. The van der Waals surface area contributed by atoms with Gasteiger partial charge in [0, 0.05) is 23.8 Å². The van der Waals surface area contributed by atoms with Gasteiger partial charge in [-0.25, -0.2) is 4.79 Å². The maximum atomic E-state index is 11.6. The Morgan fingerprint density at radius 3 is 2.56 bits per heavy atom. The number of rotatable bonds is 4. The van der Waals surface area contributed by atoms with Crippen molar-refractivity contribution in [2.75, 3.05) is 23.9 Å². The van der Waals surface area contributed by atoms with E-state index in [0.29, 0.717) is 10.7 Å². The minimum absolute atomic E-state index is 0.275. The predicted molar refractivity (Wildman–Crippen MR) is 110 cm³/mol. The summed E-state index contributed by atoms with van der Waals surface area (Å²) in [6, 6.07) is 12.5. The summed E-state index contributed by atoms with van der Waals surface area (Å²) in [7, 11) is 1.34. The number of fused-ring (bicyclic) bond motifs is 1. The molecule has 0 radical (unpaired) electrons. The van der Waals surface area contributed by atoms with Crippen LogP contribution in [0.25, 0.3) is 11.0 Å². The molecule has 0 saturated carbocycles. The zero-order valence-corrected chi connectivity index (χ0v) is 15.4. The number of anilines is 2. The summed E-state index contributed by atoms with van der Waals surface area (Å²) in [5.74, 6) is 2.20. The molecular weight excluding hydrogens is 360 g/mol. The molecule has 1 heterocycles. The number of carbonyl (C=O) groups is 1. The van der Waals surface area contributed by atoms with E-state index in [9.17, 15) is 4.79 Å². The summed E-state index contributed by atoms with van der Waals surface area (Å²) < 4.78 is 4.71. The normalized spacial score (nSPS) is 10.1. The predicted octanol–water partition coefficient (Wildman–Crippen LogP) is 3.25. The molecule has 0 saturated heterocycles. The number of aromatic nitrogens is 2. The zero-order valence-electron chi connectivity index (χ0n) is 14.5. The summed E-state index contributed by atoms with van der Waals surface area (Å²) in [4.78, 5) is 21.9. The average molecular weight is 376 g/mol. The first-order valence-electron chi connectivity index (χ1n) is 8.03. The van der Waals surface area contributed by atoms with E-state index in [-0.39, 0.29) is 6.54 Å². The van der Waals surface area contributed by atoms with Crippen LogP contribution in [0.1, 0.15) is 10.4 Å². The number of thiocarbonyl (C=S) groups is 1. The zero-order chi connectivity index (χ0) is 19.2. The van der Waals surface area contributed by atoms with Crippen molar-refractivity contribution in [3.05, 3.63) is 60.4 Å². The van der Waals surface area contributed by atoms with Gasteiger partial charge in [-0.2, -0.15) is 0 Å². The van der Waals surface area contributed by atoms with E-state index in [1.165, 1.54) is 7.11 Å². The van der Waals surface area contributed by atoms with Gasteiger partial charge in [0.1, 0.15) is 0 Å². The van der Waals surface area contributed by atoms with Gasteiger partial charge in [0.15, 0.2) is 5.11 Å². The number of hydrogen-bond acceptors (Lipinski definition) is 5. The van der Waals surface area contributed by atoms with Crippen molar-refractivity contribution in [2.24, 2.45) is 0 Å². The van der Waals surface area contributed by atoms with Crippen LogP contribution in [0.5, 0.6) is 0 Å². The molecule has 1 aromatic heterocycles. The Balaban J connectivity index is 1.82. The van der Waals surface area contributed by atoms with E-state index in [4.69, 9.17) is 23.4 Å². The fourth-order valence-electron chi connectivity index (χ4n) is 2.50. The van der Waals surface area contributed by atoms with Gasteiger partial charge in [0.25, 0.3) is 0 Å². The topological polar surface area (TPSA) is 67.3 Å². The molecule has 0 fully saturated rings. The Kier molecular flexibility index (Phi) is 5.59. The number of ether oxygens (including phenoxy) is 1. The second-order valence-electron chi connectivity index (χ2n) is 5.52. The lowest BCUT2D eigenvalue weighted by atomic mass is 10.2. The first-order valence-corrected chi connectivity index (χ1v) is 8.44. The number of benzene rings is 2. The number of terminal acetylenes is 1. The van der Waals surface area contributed by atoms with Crippen molar-refractivity contribution < 1.29 is 9.53 Å². The van der Waals surface area contributed by atoms with Crippen molar-refractivity contribution in [1.82, 2.24) is 9.97 Å². The van der Waals surface area contributed by atoms with Crippen LogP contribution >= 0.6 is 12.2 Å². The molecule has 1 N–H and O–H groups in total. The molecule has 3 aromatic rings. The third-order valence-electron chi connectivity index (χ3n) is 3.82. The monoisotopic (exact) mass is 376 g/mol. The highest BCUT2D eigenvalue weighted by atomic mass is 32.1. The van der Waals surface area contributed by atoms with Gasteiger partial charge in [-0.05, 0) is 54.7 Å². The highest BCUT2D eigenvalue weighted by molar-refractivity contribution is 7.80. The van der Waals surface area contributed by atoms with Gasteiger partial charge in [-0.15, -0.1) is 6.42 Å². The Morgan fingerprint density at radius 2 is 1.89 bits per heavy atom. The van der Waals surface area contributed by atoms with E-state index in [2.05, 4.69) is 21.2 Å². The van der Waals surface area contributed by atoms with Crippen molar-refractivity contribution >= 4 is 45.7 Å². The van der Waals surface area contributed by atoms with Crippen molar-refractivity contribution in [2.45, 2.75) is 0 Å². The summed E-state index contributed by atoms with van der Waals surface area (Å²) in [6.07, 6.45) is 8.78. The van der Waals surface area contributed by atoms with Crippen LogP contribution in [0.2, 0.25) is 0 Å². The molecule has 3 rings (SSSR count). The van der Waals surface area contributed by atoms with E-state index >= 15 is 0 Å². The Labute approximate surface area is 162 Å². The molecular formula is C20H16N4O2S. The standard InChI is InChI=1S/C20H16N4O2S/c1-3-12-24(16-7-4-14(5-8-16)19(25)26-2)20(27)23-15-6-9-17-18(13-15)22-11-10-21-17/h1,4-11,13H,12H2,2H3,(H,23,27). The molecule has 0 spiro atoms. The summed E-state index contributed by atoms with van der Waals surface area (Å²) in [6.45, 7) is 0.275. The van der Waals surface area contributed by atoms with Gasteiger partial charge in [-0.3, -0.25) is 9.97 Å². The Hall–Kier alpha value is -3.50. The molecule has 134 valence electrons. The average Bonchev–Trinajstić information content (AvgIpc) is 2.71. The smallest absolute Gasteiger partial charge is 0.337 e. The fourth-order valence-corrected chi connectivity index (χ4v) is 2.79. The number of esters is 1. The van der Waals surface area contributed by atoms with Crippen LogP contribution in [-0.4, -0.2) is 34.7 Å². The molecule has 0 aliphatic heterocycles. The lowest BCUT2D eigenvalue weighted by Gasteiger charge is -2.24. The van der Waals surface area contributed by atoms with E-state index in [1.54, 1.807) is 41.6 Å². The van der Waals surface area contributed by atoms with Crippen LogP contribution in [0.15, 0.2) is 54.9 Å². The van der Waals surface area contributed by atoms with Crippen molar-refractivity contribution in [1.29, 1.82) is 0 Å². The van der Waals surface area contributed by atoms with E-state index < -0.39 is 5.97 Å². The lowest BCUT2D eigenvalue weighted by molar-refractivity contribution is 0.0601. The molecule has 7 heteroatoms. The number of carbonyl (C=O) groups excluding carboxylic acids is 1. The van der Waals surface area contributed by atoms with Gasteiger partial charge < -0.3 is 15.0 Å². The third kappa shape index (κ3) is 4.19. The van der Waals surface area contributed by atoms with Crippen LogP contribution in [0, 0.1) is 12.3 Å². The quantitative estimate of drug-likeness (QED) is 0.426. The molecule has 0 aliphatic rings. The van der Waals surface area contributed by atoms with Gasteiger partial charge in [0.2, 0.25) is 0 Å². The highest BCUT2D eigenvalue weighted by Gasteiger charge is 2.13. The number of hydrogen-bond donors (Lipinski definition) is 1. The maximum absolute atomic E-state index is 11.6. The molecule has 2 aromatic carbocycles. The Morgan fingerprint density at radius 1 is 1.19 bits per heavy atom. The molecule has 0 bridgehead atoms. The molecule has 0 aliphatic carbocycles. The molecule has 27 heavy (non-hydrogen) atoms. The van der Waals surface area contributed by atoms with Crippen molar-refractivity contribution in [3.63, 3.8) is 0 Å². The number of nitrogens with one attached hydrogen (secondary N) is 1. The Bertz CT molecular complexity index is 1030. The first kappa shape index (κ1) is 18.3. The highest BCUT2D eigenvalue weighted by Crippen LogP contribution is 2.19. The van der Waals surface area contributed by atoms with Crippen LogP contribution < -0.4 is 10.2 Å². The fraction of sp³-hybridized carbons (Fsp3) is 0.100. The molecule has 0 unspecified atom stereocenters. The molecule has 0 atom stereocenters. The second-order valence-corrected chi connectivity index (χ2v) is 5.91. The molecule has 6 nitrogen and oxygen atoms in total. The van der Waals surface area contributed by atoms with Gasteiger partial charge >= 0.3 is 5.97 Å². The summed E-state index contributed by atoms with van der Waals surface area (Å²) in [5, 5.41) is 3.60. The third-order valence-corrected chi connectivity index (χ3v) is 4.14. The summed E-state index contributed by atoms with van der Waals surface area (Å²) >= 11 is 5.53. The minimum Gasteiger partial charge on any atom is -0.465 e. The first-order chi connectivity index (χ1) is 13.1. The SMILES string of the molecule is C#CCN(C(=S)Nc1ccc2nccnc2c1)c1ccc(C(=O)OC)cc1. The lowest BCUT2D eigenvalue weighted by Crippen LogP contribution is -2.35. The second kappa shape index (κ2) is 8.25. The minimum atomic E-state index is -0.400. The van der Waals surface area contributed by atoms with Gasteiger partial charge in [0.05, 0.1) is 30.3 Å². The number of nitrogens with zero attached hydrogens (tertiary/aromatic N) is 3. The number of methoxy groups -OCH3 is 1. The van der Waals surface area contributed by atoms with Crippen molar-refractivity contribution in [3.8, 4) is 12.3 Å². The van der Waals surface area contributed by atoms with Crippen LogP contribution in [0.3, 0.4) is 0 Å².